The van der Waals surface area contributed by atoms with Gasteiger partial charge in [0.25, 0.3) is 0 Å². The number of piperidine rings is 1. The van der Waals surface area contributed by atoms with Crippen LogP contribution in [0, 0.1) is 0 Å². The lowest BCUT2D eigenvalue weighted by Gasteiger charge is -2.31. The molecule has 4 heterocycles. The second kappa shape index (κ2) is 11.9. The van der Waals surface area contributed by atoms with Crippen LogP contribution in [0.5, 0.6) is 0 Å². The Balaban J connectivity index is 1.38. The van der Waals surface area contributed by atoms with Crippen LogP contribution >= 0.6 is 11.3 Å². The van der Waals surface area contributed by atoms with Gasteiger partial charge in [0.15, 0.2) is 0 Å². The normalized spacial score (nSPS) is 18.0. The number of nitrogens with zero attached hydrogens (tertiary/aromatic N) is 2. The van der Waals surface area contributed by atoms with Crippen LogP contribution in [0.4, 0.5) is 0 Å². The molecule has 5 rings (SSSR count). The zero-order chi connectivity index (χ0) is 26.7. The quantitative estimate of drug-likeness (QED) is 0.345. The van der Waals surface area contributed by atoms with Crippen LogP contribution in [0.2, 0.25) is 0 Å². The van der Waals surface area contributed by atoms with E-state index in [0.29, 0.717) is 26.1 Å². The van der Waals surface area contributed by atoms with Crippen molar-refractivity contribution in [2.75, 3.05) is 45.6 Å². The molecular weight excluding hydrogens is 520 g/mol. The zero-order valence-electron chi connectivity index (χ0n) is 22.1. The summed E-state index contributed by atoms with van der Waals surface area (Å²) in [5, 5.41) is 3.31. The van der Waals surface area contributed by atoms with E-state index in [1.807, 2.05) is 6.20 Å². The predicted molar refractivity (Wildman–Crippen MR) is 153 cm³/mol. The molecule has 8 nitrogen and oxygen atoms in total. The van der Waals surface area contributed by atoms with Crippen LogP contribution in [0.3, 0.4) is 0 Å². The lowest BCUT2D eigenvalue weighted by molar-refractivity contribution is -0.117. The maximum atomic E-state index is 12.7. The maximum absolute atomic E-state index is 12.7. The van der Waals surface area contributed by atoms with Crippen molar-refractivity contribution >= 4 is 38.2 Å². The lowest BCUT2D eigenvalue weighted by Crippen LogP contribution is -2.39. The summed E-state index contributed by atoms with van der Waals surface area (Å²) in [5.74, 6) is 0.0180. The summed E-state index contributed by atoms with van der Waals surface area (Å²) >= 11 is 1.79. The first-order valence-corrected chi connectivity index (χ1v) is 16.0. The largest absolute Gasteiger partial charge is 0.385 e. The number of carbonyl (C=O) groups is 1. The number of benzene rings is 1. The first-order chi connectivity index (χ1) is 18.3. The van der Waals surface area contributed by atoms with Gasteiger partial charge in [0, 0.05) is 55.3 Å². The first-order valence-electron chi connectivity index (χ1n) is 13.5. The van der Waals surface area contributed by atoms with Gasteiger partial charge in [-0.3, -0.25) is 9.69 Å². The SMILES string of the molecule is COCCCS(=O)(=O)N1CCC(c2c[nH]c3c(CC(N)=O)cc(-c4csc(CN5CCCC5)c4)cc23)CC1. The van der Waals surface area contributed by atoms with Gasteiger partial charge in [-0.1, -0.05) is 0 Å². The smallest absolute Gasteiger partial charge is 0.221 e. The van der Waals surface area contributed by atoms with Crippen LogP contribution in [0.25, 0.3) is 22.0 Å². The van der Waals surface area contributed by atoms with E-state index in [1.165, 1.54) is 41.9 Å². The van der Waals surface area contributed by atoms with E-state index in [1.54, 1.807) is 22.8 Å². The minimum absolute atomic E-state index is 0.124. The number of sulfonamides is 1. The molecule has 10 heteroatoms. The van der Waals surface area contributed by atoms with E-state index in [0.717, 1.165) is 41.4 Å². The molecule has 1 aromatic carbocycles. The fourth-order valence-electron chi connectivity index (χ4n) is 5.90. The van der Waals surface area contributed by atoms with Crippen LogP contribution in [-0.4, -0.2) is 74.2 Å². The molecule has 0 saturated carbocycles. The molecule has 2 fully saturated rings. The summed E-state index contributed by atoms with van der Waals surface area (Å²) in [6.45, 7) is 4.81. The number of aromatic nitrogens is 1. The predicted octanol–water partition coefficient (Wildman–Crippen LogP) is 4.07. The fourth-order valence-corrected chi connectivity index (χ4v) is 8.34. The van der Waals surface area contributed by atoms with Crippen LogP contribution in [0.15, 0.2) is 29.8 Å². The molecule has 3 aromatic rings. The third-order valence-electron chi connectivity index (χ3n) is 7.87. The van der Waals surface area contributed by atoms with Gasteiger partial charge in [-0.15, -0.1) is 11.3 Å². The molecule has 38 heavy (non-hydrogen) atoms. The average molecular weight is 559 g/mol. The van der Waals surface area contributed by atoms with E-state index >= 15 is 0 Å². The monoisotopic (exact) mass is 558 g/mol. The third-order valence-corrected chi connectivity index (χ3v) is 10.7. The summed E-state index contributed by atoms with van der Waals surface area (Å²) < 4.78 is 32.1. The number of H-pyrrole nitrogens is 1. The molecule has 0 aliphatic carbocycles. The fraction of sp³-hybridized carbons (Fsp3) is 0.536. The number of amides is 1. The van der Waals surface area contributed by atoms with E-state index < -0.39 is 10.0 Å². The number of nitrogens with two attached hydrogens (primary N) is 1. The average Bonchev–Trinajstić information content (AvgIpc) is 3.66. The van der Waals surface area contributed by atoms with E-state index in [-0.39, 0.29) is 24.0 Å². The Morgan fingerprint density at radius 2 is 1.89 bits per heavy atom. The number of methoxy groups -OCH3 is 1. The summed E-state index contributed by atoms with van der Waals surface area (Å²) in [6.07, 6.45) is 6.82. The Morgan fingerprint density at radius 3 is 2.61 bits per heavy atom. The second-order valence-electron chi connectivity index (χ2n) is 10.6. The molecule has 206 valence electrons. The number of carbonyl (C=O) groups excluding carboxylic acids is 1. The highest BCUT2D eigenvalue weighted by Crippen LogP contribution is 2.38. The molecule has 0 atom stereocenters. The number of hydrogen-bond donors (Lipinski definition) is 2. The number of rotatable bonds is 11. The molecule has 3 N–H and O–H groups in total. The number of thiophene rings is 1. The van der Waals surface area contributed by atoms with Crippen molar-refractivity contribution in [3.05, 3.63) is 45.8 Å². The Hall–Kier alpha value is -2.24. The molecule has 0 radical (unpaired) electrons. The van der Waals surface area contributed by atoms with Gasteiger partial charge in [-0.2, -0.15) is 0 Å². The molecule has 2 aromatic heterocycles. The number of primary amides is 1. The van der Waals surface area contributed by atoms with Crippen molar-refractivity contribution in [3.63, 3.8) is 0 Å². The van der Waals surface area contributed by atoms with Crippen LogP contribution in [0.1, 0.15) is 54.0 Å². The van der Waals surface area contributed by atoms with Gasteiger partial charge < -0.3 is 15.5 Å². The molecular formula is C28H38N4O4S2. The molecule has 2 saturated heterocycles. The van der Waals surface area contributed by atoms with Gasteiger partial charge in [-0.05, 0) is 96.9 Å². The van der Waals surface area contributed by atoms with E-state index in [2.05, 4.69) is 33.5 Å². The van der Waals surface area contributed by atoms with Crippen LogP contribution < -0.4 is 5.73 Å². The van der Waals surface area contributed by atoms with Gasteiger partial charge in [0.05, 0.1) is 12.2 Å². The molecule has 0 bridgehead atoms. The van der Waals surface area contributed by atoms with Crippen molar-refractivity contribution in [1.82, 2.24) is 14.2 Å². The topological polar surface area (TPSA) is 109 Å². The second-order valence-corrected chi connectivity index (χ2v) is 13.6. The van der Waals surface area contributed by atoms with Gasteiger partial charge in [-0.25, -0.2) is 12.7 Å². The van der Waals surface area contributed by atoms with Gasteiger partial charge in [0.2, 0.25) is 15.9 Å². The number of likely N-dealkylation sites (tertiary alicyclic amines) is 1. The van der Waals surface area contributed by atoms with Gasteiger partial charge >= 0.3 is 0 Å². The number of hydrogen-bond acceptors (Lipinski definition) is 6. The summed E-state index contributed by atoms with van der Waals surface area (Å²) in [6, 6.07) is 6.59. The molecule has 1 amide bonds. The molecule has 0 unspecified atom stereocenters. The van der Waals surface area contributed by atoms with Crippen molar-refractivity contribution < 1.29 is 17.9 Å². The van der Waals surface area contributed by atoms with E-state index in [4.69, 9.17) is 10.5 Å². The van der Waals surface area contributed by atoms with Crippen molar-refractivity contribution in [1.29, 1.82) is 0 Å². The highest BCUT2D eigenvalue weighted by molar-refractivity contribution is 7.89. The lowest BCUT2D eigenvalue weighted by atomic mass is 9.88. The maximum Gasteiger partial charge on any atom is 0.221 e. The number of nitrogens with one attached hydrogen (secondary N) is 1. The Morgan fingerprint density at radius 1 is 1.13 bits per heavy atom. The van der Waals surface area contributed by atoms with Crippen molar-refractivity contribution in [3.8, 4) is 11.1 Å². The Kier molecular flexibility index (Phi) is 8.54. The summed E-state index contributed by atoms with van der Waals surface area (Å²) in [4.78, 5) is 19.2. The minimum Gasteiger partial charge on any atom is -0.385 e. The summed E-state index contributed by atoms with van der Waals surface area (Å²) in [7, 11) is -1.68. The standard InChI is InChI=1S/C28H38N4O4S2/c1-36-11-4-12-38(34,35)32-9-5-20(6-10-32)26-17-30-28-22(16-27(29)33)13-21(15-25(26)28)23-14-24(37-19-23)18-31-7-2-3-8-31/h13-15,17,19-20,30H,2-12,16,18H2,1H3,(H2,29,33). The van der Waals surface area contributed by atoms with Gasteiger partial charge in [0.1, 0.15) is 0 Å². The number of aromatic amines is 1. The highest BCUT2D eigenvalue weighted by Gasteiger charge is 2.30. The minimum atomic E-state index is -3.27. The third kappa shape index (κ3) is 6.15. The molecule has 2 aliphatic rings. The Labute approximate surface area is 229 Å². The molecule has 0 spiro atoms. The zero-order valence-corrected chi connectivity index (χ0v) is 23.7. The van der Waals surface area contributed by atoms with Crippen molar-refractivity contribution in [2.24, 2.45) is 5.73 Å². The number of fused-ring (bicyclic) bond motifs is 1. The Bertz CT molecular complexity index is 1370. The first kappa shape index (κ1) is 27.3. The summed E-state index contributed by atoms with van der Waals surface area (Å²) in [5.41, 5.74) is 10.9. The highest BCUT2D eigenvalue weighted by atomic mass is 32.2. The number of ether oxygens (including phenoxy) is 1. The van der Waals surface area contributed by atoms with Crippen molar-refractivity contribution in [2.45, 2.75) is 51.0 Å². The van der Waals surface area contributed by atoms with E-state index in [9.17, 15) is 13.2 Å². The van der Waals surface area contributed by atoms with Crippen LogP contribution in [-0.2, 0) is 32.5 Å². The molecule has 2 aliphatic heterocycles.